The summed E-state index contributed by atoms with van der Waals surface area (Å²) >= 11 is 0. The van der Waals surface area contributed by atoms with Gasteiger partial charge in [0.25, 0.3) is 5.91 Å². The molecular formula is C7H11N5O. The number of amides is 1. The zero-order valence-electron chi connectivity index (χ0n) is 7.32. The van der Waals surface area contributed by atoms with E-state index in [9.17, 15) is 4.79 Å². The Labute approximate surface area is 75.3 Å². The first-order valence-electron chi connectivity index (χ1n) is 4.12. The van der Waals surface area contributed by atoms with Crippen LogP contribution in [0.25, 0.3) is 0 Å². The van der Waals surface area contributed by atoms with Crippen molar-refractivity contribution in [2.75, 3.05) is 20.1 Å². The van der Waals surface area contributed by atoms with E-state index < -0.39 is 0 Å². The first kappa shape index (κ1) is 8.18. The predicted octanol–water partition coefficient (Wildman–Crippen LogP) is -1.15. The SMILES string of the molecule is CN(C(=O)c1ncn[nH]1)C1CNC1. The van der Waals surface area contributed by atoms with Crippen LogP contribution in [0.3, 0.4) is 0 Å². The summed E-state index contributed by atoms with van der Waals surface area (Å²) in [5.41, 5.74) is 0. The molecule has 0 radical (unpaired) electrons. The maximum absolute atomic E-state index is 11.6. The summed E-state index contributed by atoms with van der Waals surface area (Å²) < 4.78 is 0. The minimum absolute atomic E-state index is 0.107. The van der Waals surface area contributed by atoms with Crippen LogP contribution in [0.2, 0.25) is 0 Å². The summed E-state index contributed by atoms with van der Waals surface area (Å²) in [5, 5.41) is 9.28. The smallest absolute Gasteiger partial charge is 0.291 e. The Balaban J connectivity index is 2.04. The van der Waals surface area contributed by atoms with Gasteiger partial charge in [-0.25, -0.2) is 4.98 Å². The van der Waals surface area contributed by atoms with Crippen LogP contribution in [-0.4, -0.2) is 52.2 Å². The number of rotatable bonds is 2. The topological polar surface area (TPSA) is 73.9 Å². The van der Waals surface area contributed by atoms with E-state index in [0.717, 1.165) is 13.1 Å². The van der Waals surface area contributed by atoms with E-state index in [1.165, 1.54) is 6.33 Å². The van der Waals surface area contributed by atoms with Gasteiger partial charge in [0.1, 0.15) is 6.33 Å². The zero-order valence-corrected chi connectivity index (χ0v) is 7.32. The first-order valence-corrected chi connectivity index (χ1v) is 4.12. The molecule has 0 aliphatic carbocycles. The molecule has 6 nitrogen and oxygen atoms in total. The number of aromatic nitrogens is 3. The van der Waals surface area contributed by atoms with Gasteiger partial charge < -0.3 is 10.2 Å². The molecule has 2 rings (SSSR count). The van der Waals surface area contributed by atoms with Gasteiger partial charge in [-0.2, -0.15) is 5.10 Å². The lowest BCUT2D eigenvalue weighted by molar-refractivity contribution is 0.0669. The fourth-order valence-electron chi connectivity index (χ4n) is 1.19. The van der Waals surface area contributed by atoms with Crippen LogP contribution in [0.15, 0.2) is 6.33 Å². The van der Waals surface area contributed by atoms with Crippen molar-refractivity contribution in [2.45, 2.75) is 6.04 Å². The number of nitrogens with zero attached hydrogens (tertiary/aromatic N) is 3. The molecule has 1 aromatic rings. The summed E-state index contributed by atoms with van der Waals surface area (Å²) in [6, 6.07) is 0.289. The number of likely N-dealkylation sites (N-methyl/N-ethyl adjacent to an activating group) is 1. The maximum Gasteiger partial charge on any atom is 0.291 e. The molecule has 0 spiro atoms. The van der Waals surface area contributed by atoms with E-state index in [1.54, 1.807) is 11.9 Å². The van der Waals surface area contributed by atoms with Crippen molar-refractivity contribution in [3.63, 3.8) is 0 Å². The summed E-state index contributed by atoms with van der Waals surface area (Å²) in [7, 11) is 1.77. The third-order valence-corrected chi connectivity index (χ3v) is 2.25. The van der Waals surface area contributed by atoms with Crippen molar-refractivity contribution < 1.29 is 4.79 Å². The number of hydrogen-bond donors (Lipinski definition) is 2. The molecule has 1 saturated heterocycles. The summed E-state index contributed by atoms with van der Waals surface area (Å²) in [6.45, 7) is 1.72. The second kappa shape index (κ2) is 3.14. The molecule has 0 unspecified atom stereocenters. The minimum atomic E-state index is -0.107. The number of carbonyl (C=O) groups excluding carboxylic acids is 1. The normalized spacial score (nSPS) is 16.7. The van der Waals surface area contributed by atoms with Gasteiger partial charge in [0.05, 0.1) is 6.04 Å². The molecule has 1 aliphatic rings. The average molecular weight is 181 g/mol. The van der Waals surface area contributed by atoms with E-state index in [1.807, 2.05) is 0 Å². The Bertz CT molecular complexity index is 292. The Kier molecular flexibility index (Phi) is 1.97. The van der Waals surface area contributed by atoms with Crippen LogP contribution in [0.4, 0.5) is 0 Å². The van der Waals surface area contributed by atoms with Crippen LogP contribution < -0.4 is 5.32 Å². The third-order valence-electron chi connectivity index (χ3n) is 2.25. The molecule has 0 atom stereocenters. The minimum Gasteiger partial charge on any atom is -0.333 e. The Morgan fingerprint density at radius 1 is 1.69 bits per heavy atom. The van der Waals surface area contributed by atoms with E-state index in [2.05, 4.69) is 20.5 Å². The molecule has 2 N–H and O–H groups in total. The van der Waals surface area contributed by atoms with Crippen LogP contribution >= 0.6 is 0 Å². The highest BCUT2D eigenvalue weighted by Gasteiger charge is 2.27. The van der Waals surface area contributed by atoms with Crippen LogP contribution in [0.5, 0.6) is 0 Å². The van der Waals surface area contributed by atoms with E-state index in [4.69, 9.17) is 0 Å². The van der Waals surface area contributed by atoms with Gasteiger partial charge in [-0.1, -0.05) is 0 Å². The largest absolute Gasteiger partial charge is 0.333 e. The lowest BCUT2D eigenvalue weighted by Gasteiger charge is -2.34. The van der Waals surface area contributed by atoms with Crippen molar-refractivity contribution in [1.82, 2.24) is 25.4 Å². The lowest BCUT2D eigenvalue weighted by Crippen LogP contribution is -2.57. The van der Waals surface area contributed by atoms with E-state index in [-0.39, 0.29) is 11.9 Å². The Morgan fingerprint density at radius 2 is 2.46 bits per heavy atom. The maximum atomic E-state index is 11.6. The fourth-order valence-corrected chi connectivity index (χ4v) is 1.19. The van der Waals surface area contributed by atoms with Crippen LogP contribution in [0.1, 0.15) is 10.6 Å². The van der Waals surface area contributed by atoms with Gasteiger partial charge in [0.2, 0.25) is 5.82 Å². The highest BCUT2D eigenvalue weighted by atomic mass is 16.2. The zero-order chi connectivity index (χ0) is 9.26. The molecule has 6 heteroatoms. The molecule has 2 heterocycles. The van der Waals surface area contributed by atoms with Crippen LogP contribution in [-0.2, 0) is 0 Å². The Hall–Kier alpha value is -1.43. The van der Waals surface area contributed by atoms with E-state index in [0.29, 0.717) is 5.82 Å². The second-order valence-corrected chi connectivity index (χ2v) is 3.06. The molecule has 70 valence electrons. The van der Waals surface area contributed by atoms with Gasteiger partial charge in [-0.05, 0) is 0 Å². The number of H-pyrrole nitrogens is 1. The number of carbonyl (C=O) groups is 1. The van der Waals surface area contributed by atoms with Gasteiger partial charge >= 0.3 is 0 Å². The van der Waals surface area contributed by atoms with Crippen molar-refractivity contribution in [1.29, 1.82) is 0 Å². The molecule has 1 aliphatic heterocycles. The molecule has 1 amide bonds. The van der Waals surface area contributed by atoms with Crippen molar-refractivity contribution >= 4 is 5.91 Å². The monoisotopic (exact) mass is 181 g/mol. The number of aromatic amines is 1. The van der Waals surface area contributed by atoms with Crippen molar-refractivity contribution in [3.05, 3.63) is 12.2 Å². The van der Waals surface area contributed by atoms with Crippen LogP contribution in [0, 0.1) is 0 Å². The summed E-state index contributed by atoms with van der Waals surface area (Å²) in [6.07, 6.45) is 1.33. The number of nitrogens with one attached hydrogen (secondary N) is 2. The fraction of sp³-hybridized carbons (Fsp3) is 0.571. The summed E-state index contributed by atoms with van der Waals surface area (Å²) in [5.74, 6) is 0.193. The summed E-state index contributed by atoms with van der Waals surface area (Å²) in [4.78, 5) is 17.1. The lowest BCUT2D eigenvalue weighted by atomic mass is 10.1. The highest BCUT2D eigenvalue weighted by Crippen LogP contribution is 2.05. The van der Waals surface area contributed by atoms with Crippen molar-refractivity contribution in [2.24, 2.45) is 0 Å². The van der Waals surface area contributed by atoms with Gasteiger partial charge in [-0.15, -0.1) is 0 Å². The van der Waals surface area contributed by atoms with Gasteiger partial charge in [0.15, 0.2) is 0 Å². The van der Waals surface area contributed by atoms with Crippen molar-refractivity contribution in [3.8, 4) is 0 Å². The van der Waals surface area contributed by atoms with Gasteiger partial charge in [0, 0.05) is 20.1 Å². The van der Waals surface area contributed by atoms with Gasteiger partial charge in [-0.3, -0.25) is 9.89 Å². The molecular weight excluding hydrogens is 170 g/mol. The third kappa shape index (κ3) is 1.40. The average Bonchev–Trinajstić information content (AvgIpc) is 2.51. The molecule has 0 aromatic carbocycles. The molecule has 1 aromatic heterocycles. The second-order valence-electron chi connectivity index (χ2n) is 3.06. The first-order chi connectivity index (χ1) is 6.29. The highest BCUT2D eigenvalue weighted by molar-refractivity contribution is 5.90. The quantitative estimate of drug-likeness (QED) is 0.604. The Morgan fingerprint density at radius 3 is 2.92 bits per heavy atom. The standard InChI is InChI=1S/C7H11N5O/c1-12(5-2-8-3-5)7(13)6-9-4-10-11-6/h4-5,8H,2-3H2,1H3,(H,9,10,11). The number of hydrogen-bond acceptors (Lipinski definition) is 4. The predicted molar refractivity (Wildman–Crippen MR) is 45.1 cm³/mol. The van der Waals surface area contributed by atoms with E-state index >= 15 is 0 Å². The molecule has 0 bridgehead atoms. The molecule has 0 saturated carbocycles. The molecule has 13 heavy (non-hydrogen) atoms. The molecule has 1 fully saturated rings.